The van der Waals surface area contributed by atoms with Crippen molar-refractivity contribution in [2.45, 2.75) is 32.6 Å². The van der Waals surface area contributed by atoms with Crippen molar-refractivity contribution in [3.8, 4) is 0 Å². The number of carbonyl (C=O) groups is 2. The lowest BCUT2D eigenvalue weighted by Crippen LogP contribution is -2.25. The quantitative estimate of drug-likeness (QED) is 0.448. The van der Waals surface area contributed by atoms with Gasteiger partial charge in [0.05, 0.1) is 13.0 Å². The Balaban J connectivity index is 3.36. The zero-order valence-corrected chi connectivity index (χ0v) is 9.25. The van der Waals surface area contributed by atoms with E-state index in [-0.39, 0.29) is 24.7 Å². The average molecular weight is 216 g/mol. The molecule has 0 saturated carbocycles. The summed E-state index contributed by atoms with van der Waals surface area (Å²) in [5, 5.41) is 2.71. The number of amides is 1. The third kappa shape index (κ3) is 9.21. The Labute approximate surface area is 90.4 Å². The summed E-state index contributed by atoms with van der Waals surface area (Å²) in [5.74, 6) is -0.435. The van der Waals surface area contributed by atoms with E-state index >= 15 is 0 Å². The van der Waals surface area contributed by atoms with E-state index in [1.165, 1.54) is 0 Å². The van der Waals surface area contributed by atoms with Crippen LogP contribution in [0.1, 0.15) is 32.6 Å². The van der Waals surface area contributed by atoms with Gasteiger partial charge in [-0.1, -0.05) is 0 Å². The highest BCUT2D eigenvalue weighted by atomic mass is 16.5. The van der Waals surface area contributed by atoms with Crippen molar-refractivity contribution in [1.29, 1.82) is 0 Å². The lowest BCUT2D eigenvalue weighted by molar-refractivity contribution is -0.144. The molecule has 0 aromatic rings. The Hall–Kier alpha value is -1.10. The molecule has 0 atom stereocenters. The first-order valence-electron chi connectivity index (χ1n) is 5.33. The first-order chi connectivity index (χ1) is 7.20. The summed E-state index contributed by atoms with van der Waals surface area (Å²) in [6, 6.07) is 0. The second-order valence-electron chi connectivity index (χ2n) is 3.15. The number of nitrogens with two attached hydrogens (primary N) is 1. The summed E-state index contributed by atoms with van der Waals surface area (Å²) < 4.78 is 4.70. The molecule has 5 nitrogen and oxygen atoms in total. The number of hydrogen-bond donors (Lipinski definition) is 2. The minimum absolute atomic E-state index is 0.111. The zero-order chi connectivity index (χ0) is 11.5. The molecule has 0 aromatic carbocycles. The molecule has 0 unspecified atom stereocenters. The summed E-state index contributed by atoms with van der Waals surface area (Å²) in [4.78, 5) is 22.1. The summed E-state index contributed by atoms with van der Waals surface area (Å²) in [6.45, 7) is 3.36. The molecular weight excluding hydrogens is 196 g/mol. The minimum atomic E-state index is -0.324. The first kappa shape index (κ1) is 13.9. The lowest BCUT2D eigenvalue weighted by atomic mass is 10.2. The molecule has 0 fully saturated rings. The van der Waals surface area contributed by atoms with Crippen molar-refractivity contribution >= 4 is 11.9 Å². The van der Waals surface area contributed by atoms with Crippen LogP contribution in [0.5, 0.6) is 0 Å². The smallest absolute Gasteiger partial charge is 0.306 e. The van der Waals surface area contributed by atoms with Crippen LogP contribution in [0.25, 0.3) is 0 Å². The molecule has 0 aromatic heterocycles. The molecule has 1 amide bonds. The summed E-state index contributed by atoms with van der Waals surface area (Å²) in [7, 11) is 0. The SMILES string of the molecule is CCOC(=O)CCC(=O)NCCCCN. The molecule has 0 bridgehead atoms. The molecule has 0 aliphatic rings. The second kappa shape index (κ2) is 9.45. The van der Waals surface area contributed by atoms with E-state index < -0.39 is 0 Å². The number of nitrogens with one attached hydrogen (secondary N) is 1. The molecule has 0 heterocycles. The number of esters is 1. The maximum atomic E-state index is 11.2. The van der Waals surface area contributed by atoms with E-state index in [1.54, 1.807) is 6.92 Å². The molecule has 3 N–H and O–H groups in total. The van der Waals surface area contributed by atoms with Crippen molar-refractivity contribution in [3.63, 3.8) is 0 Å². The maximum absolute atomic E-state index is 11.2. The predicted octanol–water partition coefficient (Wildman–Crippen LogP) is 0.185. The summed E-state index contributed by atoms with van der Waals surface area (Å²) >= 11 is 0. The van der Waals surface area contributed by atoms with E-state index in [0.29, 0.717) is 19.7 Å². The molecule has 0 spiro atoms. The fourth-order valence-electron chi connectivity index (χ4n) is 1.03. The van der Waals surface area contributed by atoms with Gasteiger partial charge in [-0.15, -0.1) is 0 Å². The predicted molar refractivity (Wildman–Crippen MR) is 57.2 cm³/mol. The lowest BCUT2D eigenvalue weighted by Gasteiger charge is -2.04. The van der Waals surface area contributed by atoms with Crippen LogP contribution >= 0.6 is 0 Å². The van der Waals surface area contributed by atoms with E-state index in [9.17, 15) is 9.59 Å². The minimum Gasteiger partial charge on any atom is -0.466 e. The largest absolute Gasteiger partial charge is 0.466 e. The van der Waals surface area contributed by atoms with Gasteiger partial charge in [-0.2, -0.15) is 0 Å². The third-order valence-corrected chi connectivity index (χ3v) is 1.81. The molecule has 0 radical (unpaired) electrons. The highest BCUT2D eigenvalue weighted by Crippen LogP contribution is 1.93. The van der Waals surface area contributed by atoms with Crippen LogP contribution in [0.15, 0.2) is 0 Å². The van der Waals surface area contributed by atoms with Gasteiger partial charge in [0.25, 0.3) is 0 Å². The van der Waals surface area contributed by atoms with Crippen molar-refractivity contribution < 1.29 is 14.3 Å². The second-order valence-corrected chi connectivity index (χ2v) is 3.15. The van der Waals surface area contributed by atoms with Crippen molar-refractivity contribution in [1.82, 2.24) is 5.32 Å². The summed E-state index contributed by atoms with van der Waals surface area (Å²) in [6.07, 6.45) is 2.12. The van der Waals surface area contributed by atoms with Crippen LogP contribution in [0.4, 0.5) is 0 Å². The molecule has 0 aliphatic carbocycles. The van der Waals surface area contributed by atoms with Crippen molar-refractivity contribution in [2.24, 2.45) is 5.73 Å². The van der Waals surface area contributed by atoms with Gasteiger partial charge in [0, 0.05) is 13.0 Å². The van der Waals surface area contributed by atoms with Crippen LogP contribution in [0.3, 0.4) is 0 Å². The van der Waals surface area contributed by atoms with Gasteiger partial charge < -0.3 is 15.8 Å². The summed E-state index contributed by atoms with van der Waals surface area (Å²) in [5.41, 5.74) is 5.30. The highest BCUT2D eigenvalue weighted by Gasteiger charge is 2.06. The standard InChI is InChI=1S/C10H20N2O3/c1-2-15-10(14)6-5-9(13)12-8-4-3-7-11/h2-8,11H2,1H3,(H,12,13). The van der Waals surface area contributed by atoms with Gasteiger partial charge in [-0.05, 0) is 26.3 Å². The molecule has 0 saturated heterocycles. The molecular formula is C10H20N2O3. The average Bonchev–Trinajstić information content (AvgIpc) is 2.22. The van der Waals surface area contributed by atoms with E-state index in [0.717, 1.165) is 12.8 Å². The molecule has 0 rings (SSSR count). The van der Waals surface area contributed by atoms with Crippen LogP contribution in [-0.2, 0) is 14.3 Å². The van der Waals surface area contributed by atoms with Crippen molar-refractivity contribution in [2.75, 3.05) is 19.7 Å². The number of ether oxygens (including phenoxy) is 1. The van der Waals surface area contributed by atoms with Gasteiger partial charge in [-0.25, -0.2) is 0 Å². The van der Waals surface area contributed by atoms with Gasteiger partial charge in [0.1, 0.15) is 0 Å². The number of unbranched alkanes of at least 4 members (excludes halogenated alkanes) is 1. The Morgan fingerprint density at radius 1 is 1.27 bits per heavy atom. The number of hydrogen-bond acceptors (Lipinski definition) is 4. The third-order valence-electron chi connectivity index (χ3n) is 1.81. The van der Waals surface area contributed by atoms with E-state index in [1.807, 2.05) is 0 Å². The monoisotopic (exact) mass is 216 g/mol. The van der Waals surface area contributed by atoms with Gasteiger partial charge in [0.15, 0.2) is 0 Å². The molecule has 5 heteroatoms. The first-order valence-corrected chi connectivity index (χ1v) is 5.33. The number of rotatable bonds is 8. The van der Waals surface area contributed by atoms with E-state index in [4.69, 9.17) is 10.5 Å². The topological polar surface area (TPSA) is 81.4 Å². The van der Waals surface area contributed by atoms with Crippen LogP contribution < -0.4 is 11.1 Å². The van der Waals surface area contributed by atoms with Gasteiger partial charge in [-0.3, -0.25) is 9.59 Å². The Bertz CT molecular complexity index is 195. The zero-order valence-electron chi connectivity index (χ0n) is 9.25. The maximum Gasteiger partial charge on any atom is 0.306 e. The fraction of sp³-hybridized carbons (Fsp3) is 0.800. The molecule has 88 valence electrons. The normalized spacial score (nSPS) is 9.73. The van der Waals surface area contributed by atoms with Crippen LogP contribution in [-0.4, -0.2) is 31.6 Å². The van der Waals surface area contributed by atoms with Crippen LogP contribution in [0, 0.1) is 0 Å². The van der Waals surface area contributed by atoms with Crippen molar-refractivity contribution in [3.05, 3.63) is 0 Å². The van der Waals surface area contributed by atoms with E-state index in [2.05, 4.69) is 5.32 Å². The van der Waals surface area contributed by atoms with Gasteiger partial charge >= 0.3 is 5.97 Å². The molecule has 15 heavy (non-hydrogen) atoms. The van der Waals surface area contributed by atoms with Gasteiger partial charge in [0.2, 0.25) is 5.91 Å². The molecule has 0 aliphatic heterocycles. The Kier molecular flexibility index (Phi) is 8.76. The highest BCUT2D eigenvalue weighted by molar-refractivity contribution is 5.81. The van der Waals surface area contributed by atoms with Crippen LogP contribution in [0.2, 0.25) is 0 Å². The Morgan fingerprint density at radius 3 is 2.60 bits per heavy atom. The Morgan fingerprint density at radius 2 is 2.00 bits per heavy atom. The fourth-order valence-corrected chi connectivity index (χ4v) is 1.03. The number of carbonyl (C=O) groups excluding carboxylic acids is 2.